The zero-order chi connectivity index (χ0) is 33.4. The van der Waals surface area contributed by atoms with Gasteiger partial charge < -0.3 is 9.30 Å². The van der Waals surface area contributed by atoms with Gasteiger partial charge in [0.15, 0.2) is 0 Å². The molecule has 3 heterocycles. The molecule has 0 unspecified atom stereocenters. The van der Waals surface area contributed by atoms with E-state index in [-0.39, 0.29) is 21.1 Å². The van der Waals surface area contributed by atoms with Crippen LogP contribution in [0.1, 0.15) is 56.6 Å². The summed E-state index contributed by atoms with van der Waals surface area (Å²) < 4.78 is 10.7. The Hall–Kier alpha value is -4.47. The number of hydrogen-bond acceptors (Lipinski definition) is 3. The van der Waals surface area contributed by atoms with Gasteiger partial charge in [-0.2, -0.15) is 17.2 Å². The van der Waals surface area contributed by atoms with E-state index in [1.807, 2.05) is 41.2 Å². The van der Waals surface area contributed by atoms with Crippen LogP contribution in [0.15, 0.2) is 97.2 Å². The van der Waals surface area contributed by atoms with Crippen molar-refractivity contribution < 1.29 is 25.8 Å². The summed E-state index contributed by atoms with van der Waals surface area (Å²) in [4.78, 5) is 4.86. The van der Waals surface area contributed by atoms with Gasteiger partial charge in [-0.05, 0) is 90.9 Å². The van der Waals surface area contributed by atoms with Gasteiger partial charge in [-0.15, -0.1) is 35.7 Å². The summed E-state index contributed by atoms with van der Waals surface area (Å²) >= 11 is 0. The Morgan fingerprint density at radius 1 is 0.755 bits per heavy atom. The van der Waals surface area contributed by atoms with E-state index in [1.54, 1.807) is 0 Å². The largest absolute Gasteiger partial charge is 2.00 e. The molecule has 4 aromatic carbocycles. The average Bonchev–Trinajstić information content (AvgIpc) is 3.56. The van der Waals surface area contributed by atoms with Gasteiger partial charge in [-0.25, -0.2) is 4.98 Å². The van der Waals surface area contributed by atoms with Crippen LogP contribution >= 0.6 is 0 Å². The number of nitrogens with zero attached hydrogens (tertiary/aromatic N) is 4. The molecule has 5 nitrogen and oxygen atoms in total. The number of ether oxygens (including phenoxy) is 1. The van der Waals surface area contributed by atoms with E-state index in [9.17, 15) is 0 Å². The van der Waals surface area contributed by atoms with E-state index in [0.29, 0.717) is 23.3 Å². The fraction of sp³-hybridized carbons (Fsp3) is 0.256. The van der Waals surface area contributed by atoms with Crippen molar-refractivity contribution in [2.45, 2.75) is 60.8 Å². The molecule has 0 saturated heterocycles. The second kappa shape index (κ2) is 14.6. The molecular formula is C43H42N4OPt. The van der Waals surface area contributed by atoms with Gasteiger partial charge in [0.2, 0.25) is 0 Å². The van der Waals surface area contributed by atoms with E-state index in [0.717, 1.165) is 69.7 Å². The van der Waals surface area contributed by atoms with Crippen LogP contribution in [-0.4, -0.2) is 19.3 Å². The average molecular weight is 826 g/mol. The summed E-state index contributed by atoms with van der Waals surface area (Å²) in [5.74, 6) is 3.33. The summed E-state index contributed by atoms with van der Waals surface area (Å²) in [6.07, 6.45) is 5.14. The number of hydrogen-bond donors (Lipinski definition) is 0. The van der Waals surface area contributed by atoms with Crippen molar-refractivity contribution in [1.29, 1.82) is 0 Å². The maximum absolute atomic E-state index is 6.48. The molecule has 0 aliphatic heterocycles. The molecule has 0 fully saturated rings. The number of benzene rings is 4. The summed E-state index contributed by atoms with van der Waals surface area (Å²) in [6.45, 7) is 13.2. The van der Waals surface area contributed by atoms with Gasteiger partial charge in [0.05, 0.1) is 5.69 Å². The number of pyridine rings is 1. The SMILES string of the molecule is Cc1nn(-c2[c-]c(Oc3[c-]c4c(cc3)c3cc(CCC(C)C)ccc3n4-c3cc(CC(C)C)ccn3)ccc2)c(C)c1-c1ccccc1.[Pt+2]. The van der Waals surface area contributed by atoms with Crippen molar-refractivity contribution in [1.82, 2.24) is 19.3 Å². The Labute approximate surface area is 304 Å². The third-order valence-corrected chi connectivity index (χ3v) is 8.96. The summed E-state index contributed by atoms with van der Waals surface area (Å²) in [5, 5.41) is 7.22. The number of fused-ring (bicyclic) bond motifs is 3. The van der Waals surface area contributed by atoms with Crippen LogP contribution in [-0.2, 0) is 33.9 Å². The maximum atomic E-state index is 6.48. The van der Waals surface area contributed by atoms with Crippen LogP contribution < -0.4 is 4.74 Å². The van der Waals surface area contributed by atoms with E-state index in [2.05, 4.69) is 119 Å². The van der Waals surface area contributed by atoms with Gasteiger partial charge in [0.1, 0.15) is 5.82 Å². The number of rotatable bonds is 10. The molecule has 250 valence electrons. The van der Waals surface area contributed by atoms with Crippen molar-refractivity contribution in [3.05, 3.63) is 132 Å². The molecule has 0 bridgehead atoms. The minimum absolute atomic E-state index is 0. The summed E-state index contributed by atoms with van der Waals surface area (Å²) in [6, 6.07) is 38.7. The van der Waals surface area contributed by atoms with Gasteiger partial charge in [0, 0.05) is 34.5 Å². The normalized spacial score (nSPS) is 11.5. The molecule has 7 aromatic rings. The van der Waals surface area contributed by atoms with Crippen LogP contribution in [0.25, 0.3) is 44.4 Å². The van der Waals surface area contributed by atoms with Crippen LogP contribution in [0.3, 0.4) is 0 Å². The molecule has 0 saturated carbocycles. The second-order valence-corrected chi connectivity index (χ2v) is 13.7. The van der Waals surface area contributed by atoms with Crippen molar-refractivity contribution in [3.8, 4) is 34.1 Å². The summed E-state index contributed by atoms with van der Waals surface area (Å²) in [5.41, 5.74) is 9.84. The number of aryl methyl sites for hydroxylation is 2. The zero-order valence-corrected chi connectivity index (χ0v) is 31.3. The maximum Gasteiger partial charge on any atom is 2.00 e. The first-order valence-electron chi connectivity index (χ1n) is 17.0. The molecule has 7 rings (SSSR count). The molecule has 0 N–H and O–H groups in total. The van der Waals surface area contributed by atoms with Crippen LogP contribution in [0.5, 0.6) is 11.5 Å². The third kappa shape index (κ3) is 7.14. The molecule has 3 aromatic heterocycles. The molecule has 49 heavy (non-hydrogen) atoms. The molecule has 6 heteroatoms. The van der Waals surface area contributed by atoms with Crippen LogP contribution in [0.2, 0.25) is 0 Å². The van der Waals surface area contributed by atoms with Crippen molar-refractivity contribution in [3.63, 3.8) is 0 Å². The molecule has 0 amide bonds. The standard InChI is InChI=1S/C43H42N4O.Pt/c1-28(2)15-16-32-17-20-40-39(24-32)38-19-18-37(27-41(38)46(40)42-25-33(21-22-44-42)23-29(3)4)48-36-14-10-13-35(26-36)47-31(6)43(30(5)45-47)34-11-8-7-9-12-34;/h7-14,17-22,24-25,28-29H,15-16,23H2,1-6H3;/q-2;+2. The monoisotopic (exact) mass is 825 g/mol. The summed E-state index contributed by atoms with van der Waals surface area (Å²) in [7, 11) is 0. The van der Waals surface area contributed by atoms with Crippen molar-refractivity contribution in [2.24, 2.45) is 11.8 Å². The molecule has 0 aliphatic carbocycles. The minimum Gasteiger partial charge on any atom is -0.509 e. The molecule has 0 atom stereocenters. The quantitative estimate of drug-likeness (QED) is 0.129. The minimum atomic E-state index is 0. The Morgan fingerprint density at radius 3 is 2.33 bits per heavy atom. The van der Waals surface area contributed by atoms with Crippen LogP contribution in [0, 0.1) is 37.8 Å². The first-order valence-corrected chi connectivity index (χ1v) is 17.0. The fourth-order valence-corrected chi connectivity index (χ4v) is 6.70. The predicted molar refractivity (Wildman–Crippen MR) is 196 cm³/mol. The van der Waals surface area contributed by atoms with Gasteiger partial charge in [-0.1, -0.05) is 75.7 Å². The first kappa shape index (κ1) is 34.4. The Bertz CT molecular complexity index is 2230. The van der Waals surface area contributed by atoms with E-state index < -0.39 is 0 Å². The van der Waals surface area contributed by atoms with Crippen LogP contribution in [0.4, 0.5) is 0 Å². The van der Waals surface area contributed by atoms with Crippen molar-refractivity contribution in [2.75, 3.05) is 0 Å². The van der Waals surface area contributed by atoms with Gasteiger partial charge >= 0.3 is 21.1 Å². The second-order valence-electron chi connectivity index (χ2n) is 13.7. The fourth-order valence-electron chi connectivity index (χ4n) is 6.70. The Balaban J connectivity index is 0.00000417. The van der Waals surface area contributed by atoms with Gasteiger partial charge in [-0.3, -0.25) is 4.68 Å². The van der Waals surface area contributed by atoms with E-state index in [1.165, 1.54) is 16.5 Å². The molecule has 0 radical (unpaired) electrons. The molecule has 0 aliphatic rings. The van der Waals surface area contributed by atoms with E-state index in [4.69, 9.17) is 14.8 Å². The van der Waals surface area contributed by atoms with Crippen molar-refractivity contribution >= 4 is 21.8 Å². The number of aromatic nitrogens is 4. The first-order chi connectivity index (χ1) is 23.2. The smallest absolute Gasteiger partial charge is 0.509 e. The Kier molecular flexibility index (Phi) is 10.2. The Morgan fingerprint density at radius 2 is 1.55 bits per heavy atom. The zero-order valence-electron chi connectivity index (χ0n) is 29.0. The molecular weight excluding hydrogens is 784 g/mol. The topological polar surface area (TPSA) is 44.9 Å². The van der Waals surface area contributed by atoms with Gasteiger partial charge in [0.25, 0.3) is 0 Å². The molecule has 0 spiro atoms. The van der Waals surface area contributed by atoms with E-state index >= 15 is 0 Å². The third-order valence-electron chi connectivity index (χ3n) is 8.96. The predicted octanol–water partition coefficient (Wildman–Crippen LogP) is 10.8.